The number of carbonyl (C=O) groups is 2. The van der Waals surface area contributed by atoms with Gasteiger partial charge in [-0.3, -0.25) is 9.59 Å². The van der Waals surface area contributed by atoms with Crippen LogP contribution < -0.4 is 0 Å². The topological polar surface area (TPSA) is 74.6 Å². The summed E-state index contributed by atoms with van der Waals surface area (Å²) in [6.45, 7) is 0. The highest BCUT2D eigenvalue weighted by molar-refractivity contribution is 6.29. The third-order valence-corrected chi connectivity index (χ3v) is 3.02. The molecule has 88 valence electrons. The fraction of sp³-hybridized carbons (Fsp3) is 0. The van der Waals surface area contributed by atoms with Crippen molar-refractivity contribution in [3.8, 4) is 11.5 Å². The van der Waals surface area contributed by atoms with Crippen molar-refractivity contribution in [2.45, 2.75) is 0 Å². The van der Waals surface area contributed by atoms with Crippen LogP contribution in [0.4, 0.5) is 0 Å². The molecule has 0 bridgehead atoms. The molecule has 18 heavy (non-hydrogen) atoms. The van der Waals surface area contributed by atoms with E-state index in [1.807, 2.05) is 0 Å². The van der Waals surface area contributed by atoms with Gasteiger partial charge in [0.05, 0.1) is 5.56 Å². The second-order valence-electron chi connectivity index (χ2n) is 4.04. The van der Waals surface area contributed by atoms with Crippen molar-refractivity contribution in [1.82, 2.24) is 0 Å². The Bertz CT molecular complexity index is 721. The van der Waals surface area contributed by atoms with Crippen LogP contribution in [0.3, 0.4) is 0 Å². The Morgan fingerprint density at radius 2 is 1.56 bits per heavy atom. The Labute approximate surface area is 104 Å². The number of benzene rings is 2. The number of ketones is 2. The summed E-state index contributed by atoms with van der Waals surface area (Å²) >= 11 is 0. The molecule has 2 N–H and O–H groups in total. The smallest absolute Gasteiger partial charge is 0.293 e. The zero-order valence-corrected chi connectivity index (χ0v) is 9.14. The van der Waals surface area contributed by atoms with E-state index in [0.717, 1.165) is 0 Å². The number of fused-ring (bicyclic) bond motifs is 2. The minimum atomic E-state index is -0.427. The molecular formula is C14H8O4. The van der Waals surface area contributed by atoms with Crippen molar-refractivity contribution in [2.24, 2.45) is 0 Å². The molecule has 0 fully saturated rings. The van der Waals surface area contributed by atoms with Crippen LogP contribution in [0, 0.1) is 0 Å². The van der Waals surface area contributed by atoms with E-state index in [-0.39, 0.29) is 34.0 Å². The minimum absolute atomic E-state index is 0.0568. The number of hydrogen-bond donors (Lipinski definition) is 2. The Balaban J connectivity index is 2.36. The maximum absolute atomic E-state index is 12.4. The van der Waals surface area contributed by atoms with Gasteiger partial charge in [0.2, 0.25) is 0 Å². The van der Waals surface area contributed by atoms with Gasteiger partial charge >= 0.3 is 0 Å². The van der Waals surface area contributed by atoms with E-state index in [2.05, 4.69) is 5.11 Å². The molecule has 2 aromatic carbocycles. The summed E-state index contributed by atoms with van der Waals surface area (Å²) in [6.07, 6.45) is 0. The largest absolute Gasteiger partial charge is 0.504 e. The number of phenolic OH excluding ortho intramolecular Hbond substituents is 2. The zero-order chi connectivity index (χ0) is 13.6. The first-order chi connectivity index (χ1) is 9.15. The van der Waals surface area contributed by atoms with Crippen LogP contribution in [0.25, 0.3) is 0 Å². The summed E-state index contributed by atoms with van der Waals surface area (Å²) < 4.78 is 6.94. The van der Waals surface area contributed by atoms with E-state index >= 15 is 0 Å². The van der Waals surface area contributed by atoms with Crippen LogP contribution in [0.1, 0.15) is 31.8 Å². The van der Waals surface area contributed by atoms with E-state index in [0.29, 0.717) is 5.56 Å². The number of hydrogen-bond acceptors (Lipinski definition) is 4. The van der Waals surface area contributed by atoms with Gasteiger partial charge in [0.15, 0.2) is 23.1 Å². The zero-order valence-electron chi connectivity index (χ0n) is 10.1. The molecule has 0 spiro atoms. The molecule has 2 aromatic rings. The average Bonchev–Trinajstić information content (AvgIpc) is 2.44. The number of carbonyl (C=O) groups excluding carboxylic acids is 2. The third-order valence-electron chi connectivity index (χ3n) is 3.02. The first-order valence-corrected chi connectivity index (χ1v) is 5.32. The fourth-order valence-corrected chi connectivity index (χ4v) is 2.15. The van der Waals surface area contributed by atoms with Crippen molar-refractivity contribution in [1.29, 1.82) is 1.43 Å². The molecule has 4 nitrogen and oxygen atoms in total. The molecule has 4 heteroatoms. The second-order valence-corrected chi connectivity index (χ2v) is 4.04. The lowest BCUT2D eigenvalue weighted by Gasteiger charge is -2.18. The van der Waals surface area contributed by atoms with Gasteiger partial charge in [-0.2, -0.15) is 0 Å². The molecule has 1 aliphatic carbocycles. The molecule has 0 saturated carbocycles. The molecule has 3 rings (SSSR count). The third kappa shape index (κ3) is 1.20. The highest BCUT2D eigenvalue weighted by atomic mass is 16.3. The van der Waals surface area contributed by atoms with Gasteiger partial charge < -0.3 is 10.2 Å². The van der Waals surface area contributed by atoms with Crippen LogP contribution in [0.15, 0.2) is 36.4 Å². The van der Waals surface area contributed by atoms with Crippen LogP contribution in [-0.2, 0) is 0 Å². The normalized spacial score (nSPS) is 13.7. The number of aromatic hydroxyl groups is 2. The fourth-order valence-electron chi connectivity index (χ4n) is 2.15. The lowest BCUT2D eigenvalue weighted by atomic mass is 9.83. The van der Waals surface area contributed by atoms with Crippen LogP contribution in [0.2, 0.25) is 0 Å². The van der Waals surface area contributed by atoms with Crippen molar-refractivity contribution in [3.63, 3.8) is 0 Å². The summed E-state index contributed by atoms with van der Waals surface area (Å²) in [5.41, 5.74) is 0.660. The molecule has 0 radical (unpaired) electrons. The van der Waals surface area contributed by atoms with Gasteiger partial charge in [-0.15, -0.1) is 0 Å². The molecule has 0 unspecified atom stereocenters. The van der Waals surface area contributed by atoms with Crippen LogP contribution in [-0.4, -0.2) is 23.2 Å². The van der Waals surface area contributed by atoms with E-state index in [1.54, 1.807) is 18.2 Å². The molecule has 0 saturated heterocycles. The Morgan fingerprint density at radius 1 is 0.889 bits per heavy atom. The van der Waals surface area contributed by atoms with Gasteiger partial charge in [-0.05, 0) is 12.1 Å². The monoisotopic (exact) mass is 241 g/mol. The van der Waals surface area contributed by atoms with Crippen molar-refractivity contribution in [2.75, 3.05) is 0 Å². The lowest BCUT2D eigenvalue weighted by Crippen LogP contribution is -2.20. The first kappa shape index (κ1) is 9.41. The van der Waals surface area contributed by atoms with Crippen LogP contribution >= 0.6 is 0 Å². The maximum Gasteiger partial charge on any atom is 0.293 e. The molecule has 0 aliphatic heterocycles. The highest BCUT2D eigenvalue weighted by Gasteiger charge is 2.32. The summed E-state index contributed by atoms with van der Waals surface area (Å²) in [6, 6.07) is 9.05. The summed E-state index contributed by atoms with van der Waals surface area (Å²) in [5.74, 6) is -1.37. The summed E-state index contributed by atoms with van der Waals surface area (Å²) in [4.78, 5) is 24.6. The van der Waals surface area contributed by atoms with Crippen molar-refractivity contribution in [3.05, 3.63) is 58.7 Å². The highest BCUT2D eigenvalue weighted by Crippen LogP contribution is 2.37. The van der Waals surface area contributed by atoms with E-state index in [4.69, 9.17) is 1.43 Å². The molecule has 0 atom stereocenters. The molecular weight excluding hydrogens is 232 g/mol. The molecule has 1 aliphatic rings. The Kier molecular flexibility index (Phi) is 1.80. The van der Waals surface area contributed by atoms with Gasteiger partial charge in [0.25, 0.3) is 1.43 Å². The summed E-state index contributed by atoms with van der Waals surface area (Å²) in [5, 5.41) is 13.9. The van der Waals surface area contributed by atoms with Crippen LogP contribution in [0.5, 0.6) is 11.5 Å². The lowest BCUT2D eigenvalue weighted by molar-refractivity contribution is 0.0976. The molecule has 0 aromatic heterocycles. The van der Waals surface area contributed by atoms with Crippen molar-refractivity contribution < 1.29 is 19.8 Å². The molecule has 0 amide bonds. The van der Waals surface area contributed by atoms with E-state index < -0.39 is 5.78 Å². The average molecular weight is 241 g/mol. The van der Waals surface area contributed by atoms with Gasteiger partial charge in [-0.1, -0.05) is 24.3 Å². The molecule has 0 heterocycles. The summed E-state index contributed by atoms with van der Waals surface area (Å²) in [7, 11) is 0. The standard InChI is InChI=1S/C14H8O4/c15-10-6-5-9-11(14(10)18)13(17)8-4-2-1-3-7(8)12(9)16/h1-6,15,18H/i/hD. The number of phenols is 2. The van der Waals surface area contributed by atoms with Gasteiger partial charge in [0.1, 0.15) is 0 Å². The second kappa shape index (κ2) is 3.43. The minimum Gasteiger partial charge on any atom is -0.504 e. The predicted octanol–water partition coefficient (Wildman–Crippen LogP) is 1.87. The maximum atomic E-state index is 12.4. The Morgan fingerprint density at radius 3 is 2.22 bits per heavy atom. The van der Waals surface area contributed by atoms with E-state index in [9.17, 15) is 14.7 Å². The van der Waals surface area contributed by atoms with Gasteiger partial charge in [0, 0.05) is 16.7 Å². The van der Waals surface area contributed by atoms with Crippen molar-refractivity contribution >= 4 is 11.6 Å². The SMILES string of the molecule is [2H]Oc1c(O)ccc2c1C(=O)c1ccccc1C2=O. The number of rotatable bonds is 1. The van der Waals surface area contributed by atoms with E-state index in [1.165, 1.54) is 18.2 Å². The predicted molar refractivity (Wildman–Crippen MR) is 63.1 cm³/mol. The quantitative estimate of drug-likeness (QED) is 0.638. The first-order valence-electron chi connectivity index (χ1n) is 5.73. The Hall–Kier alpha value is -2.62. The van der Waals surface area contributed by atoms with Gasteiger partial charge in [-0.25, -0.2) is 0 Å².